The van der Waals surface area contributed by atoms with Gasteiger partial charge in [0.2, 0.25) is 5.91 Å². The van der Waals surface area contributed by atoms with Crippen LogP contribution in [0.1, 0.15) is 38.8 Å². The number of hydrogen-bond donors (Lipinski definition) is 2. The fraction of sp³-hybridized carbons (Fsp3) is 0.478. The molecular formula is C23H30N6O2S. The van der Waals surface area contributed by atoms with Gasteiger partial charge in [-0.15, -0.1) is 0 Å². The van der Waals surface area contributed by atoms with E-state index in [0.717, 1.165) is 43.1 Å². The molecule has 4 rings (SSSR count). The average molecular weight is 455 g/mol. The second kappa shape index (κ2) is 9.36. The van der Waals surface area contributed by atoms with E-state index >= 15 is 0 Å². The van der Waals surface area contributed by atoms with Crippen molar-refractivity contribution in [3.8, 4) is 11.4 Å². The molecule has 1 saturated heterocycles. The second-order valence-corrected chi connectivity index (χ2v) is 9.52. The van der Waals surface area contributed by atoms with Crippen LogP contribution in [0.25, 0.3) is 16.7 Å². The standard InChI is InChI=1S/C23H30N6O2S/c1-5-18(22(30)28-12-10-14(2)11-13-28)32-23-25-21-19(15(3)26-27-21)20(24)29(23)16-6-8-17(31-4)9-7-16/h6-9,14,18,24H,5,10-13H2,1-4H3,(H,26,27). The summed E-state index contributed by atoms with van der Waals surface area (Å²) in [6.07, 6.45) is 2.78. The summed E-state index contributed by atoms with van der Waals surface area (Å²) in [7, 11) is 1.63. The minimum Gasteiger partial charge on any atom is -0.497 e. The van der Waals surface area contributed by atoms with E-state index in [9.17, 15) is 4.79 Å². The topological polar surface area (TPSA) is 99.9 Å². The van der Waals surface area contributed by atoms with Gasteiger partial charge in [-0.1, -0.05) is 25.6 Å². The molecule has 3 aromatic rings. The number of benzene rings is 1. The molecule has 1 fully saturated rings. The molecule has 0 spiro atoms. The molecule has 0 radical (unpaired) electrons. The number of methoxy groups -OCH3 is 1. The van der Waals surface area contributed by atoms with E-state index in [2.05, 4.69) is 17.1 Å². The lowest BCUT2D eigenvalue weighted by atomic mass is 9.99. The zero-order chi connectivity index (χ0) is 22.8. The highest BCUT2D eigenvalue weighted by Gasteiger charge is 2.29. The highest BCUT2D eigenvalue weighted by Crippen LogP contribution is 2.29. The molecule has 1 aliphatic rings. The van der Waals surface area contributed by atoms with E-state index in [0.29, 0.717) is 34.0 Å². The summed E-state index contributed by atoms with van der Waals surface area (Å²) >= 11 is 1.42. The number of carbonyl (C=O) groups is 1. The molecule has 1 atom stereocenters. The van der Waals surface area contributed by atoms with Crippen molar-refractivity contribution in [2.45, 2.75) is 50.4 Å². The van der Waals surface area contributed by atoms with Crippen LogP contribution < -0.4 is 10.2 Å². The van der Waals surface area contributed by atoms with E-state index in [1.807, 2.05) is 43.0 Å². The van der Waals surface area contributed by atoms with Gasteiger partial charge >= 0.3 is 0 Å². The minimum absolute atomic E-state index is 0.150. The molecule has 8 nitrogen and oxygen atoms in total. The Balaban J connectivity index is 1.74. The molecule has 2 aromatic heterocycles. The largest absolute Gasteiger partial charge is 0.497 e. The fourth-order valence-electron chi connectivity index (χ4n) is 4.05. The molecule has 9 heteroatoms. The van der Waals surface area contributed by atoms with Gasteiger partial charge in [-0.05, 0) is 56.4 Å². The summed E-state index contributed by atoms with van der Waals surface area (Å²) in [5, 5.41) is 17.1. The maximum atomic E-state index is 13.3. The first kappa shape index (κ1) is 22.4. The van der Waals surface area contributed by atoms with Crippen molar-refractivity contribution < 1.29 is 9.53 Å². The third kappa shape index (κ3) is 4.26. The van der Waals surface area contributed by atoms with E-state index < -0.39 is 0 Å². The van der Waals surface area contributed by atoms with Crippen molar-refractivity contribution in [2.75, 3.05) is 20.2 Å². The zero-order valence-electron chi connectivity index (χ0n) is 19.0. The first-order valence-electron chi connectivity index (χ1n) is 11.0. The maximum absolute atomic E-state index is 13.3. The van der Waals surface area contributed by atoms with Gasteiger partial charge in [-0.25, -0.2) is 4.98 Å². The Hall–Kier alpha value is -2.81. The minimum atomic E-state index is -0.266. The van der Waals surface area contributed by atoms with E-state index in [1.165, 1.54) is 11.8 Å². The molecule has 32 heavy (non-hydrogen) atoms. The monoisotopic (exact) mass is 454 g/mol. The maximum Gasteiger partial charge on any atom is 0.236 e. The van der Waals surface area contributed by atoms with Gasteiger partial charge in [0.25, 0.3) is 0 Å². The number of nitrogens with one attached hydrogen (secondary N) is 2. The van der Waals surface area contributed by atoms with Gasteiger partial charge in [-0.2, -0.15) is 5.10 Å². The van der Waals surface area contributed by atoms with Crippen LogP contribution in [0.15, 0.2) is 29.4 Å². The molecule has 0 aliphatic carbocycles. The molecule has 1 aliphatic heterocycles. The summed E-state index contributed by atoms with van der Waals surface area (Å²) in [6, 6.07) is 7.53. The van der Waals surface area contributed by atoms with Crippen LogP contribution in [-0.4, -0.2) is 56.0 Å². The van der Waals surface area contributed by atoms with E-state index in [1.54, 1.807) is 11.7 Å². The summed E-state index contributed by atoms with van der Waals surface area (Å²) in [5.41, 5.74) is 2.38. The second-order valence-electron chi connectivity index (χ2n) is 8.35. The molecule has 2 N–H and O–H groups in total. The summed E-state index contributed by atoms with van der Waals surface area (Å²) in [4.78, 5) is 20.1. The number of aromatic amines is 1. The first-order valence-corrected chi connectivity index (χ1v) is 11.9. The molecule has 0 bridgehead atoms. The lowest BCUT2D eigenvalue weighted by molar-refractivity contribution is -0.131. The van der Waals surface area contributed by atoms with Crippen LogP contribution in [0.3, 0.4) is 0 Å². The van der Waals surface area contributed by atoms with Crippen molar-refractivity contribution >= 4 is 28.7 Å². The molecule has 1 amide bonds. The average Bonchev–Trinajstić information content (AvgIpc) is 3.18. The Bertz CT molecular complexity index is 1160. The van der Waals surface area contributed by atoms with Crippen LogP contribution in [0.4, 0.5) is 0 Å². The Morgan fingerprint density at radius 2 is 2.00 bits per heavy atom. The SMILES string of the molecule is CCC(Sc1nc2n[nH]c(C)c2c(=N)n1-c1ccc(OC)cc1)C(=O)N1CCC(C)CC1. The molecule has 1 unspecified atom stereocenters. The smallest absolute Gasteiger partial charge is 0.236 e. The number of carbonyl (C=O) groups excluding carboxylic acids is 1. The predicted molar refractivity (Wildman–Crippen MR) is 125 cm³/mol. The number of thioether (sulfide) groups is 1. The molecule has 170 valence electrons. The number of aryl methyl sites for hydroxylation is 1. The summed E-state index contributed by atoms with van der Waals surface area (Å²) in [6.45, 7) is 7.77. The van der Waals surface area contributed by atoms with Gasteiger partial charge in [0, 0.05) is 24.5 Å². The van der Waals surface area contributed by atoms with Crippen LogP contribution >= 0.6 is 11.8 Å². The van der Waals surface area contributed by atoms with E-state index in [4.69, 9.17) is 15.1 Å². The third-order valence-electron chi connectivity index (χ3n) is 6.10. The highest BCUT2D eigenvalue weighted by atomic mass is 32.2. The van der Waals surface area contributed by atoms with Crippen molar-refractivity contribution in [3.05, 3.63) is 35.4 Å². The van der Waals surface area contributed by atoms with E-state index in [-0.39, 0.29) is 11.2 Å². The van der Waals surface area contributed by atoms with Crippen molar-refractivity contribution in [1.82, 2.24) is 24.6 Å². The number of amides is 1. The first-order chi connectivity index (χ1) is 15.4. The summed E-state index contributed by atoms with van der Waals surface area (Å²) in [5.74, 6) is 1.56. The fourth-order valence-corrected chi connectivity index (χ4v) is 5.16. The van der Waals surface area contributed by atoms with Gasteiger partial charge in [0.05, 0.1) is 17.7 Å². The number of nitrogens with zero attached hydrogens (tertiary/aromatic N) is 4. The Morgan fingerprint density at radius 1 is 1.31 bits per heavy atom. The predicted octanol–water partition coefficient (Wildman–Crippen LogP) is 3.67. The zero-order valence-corrected chi connectivity index (χ0v) is 19.8. The van der Waals surface area contributed by atoms with Crippen molar-refractivity contribution in [1.29, 1.82) is 5.41 Å². The summed E-state index contributed by atoms with van der Waals surface area (Å²) < 4.78 is 7.08. The van der Waals surface area contributed by atoms with Crippen molar-refractivity contribution in [3.63, 3.8) is 0 Å². The van der Waals surface area contributed by atoms with Crippen LogP contribution in [-0.2, 0) is 4.79 Å². The number of fused-ring (bicyclic) bond motifs is 1. The Kier molecular flexibility index (Phi) is 6.55. The van der Waals surface area contributed by atoms with Crippen molar-refractivity contribution in [2.24, 2.45) is 5.92 Å². The number of ether oxygens (including phenoxy) is 1. The number of hydrogen-bond acceptors (Lipinski definition) is 6. The van der Waals surface area contributed by atoms with Gasteiger partial charge in [0.15, 0.2) is 10.8 Å². The highest BCUT2D eigenvalue weighted by molar-refractivity contribution is 8.00. The van der Waals surface area contributed by atoms with Gasteiger partial charge in [-0.3, -0.25) is 19.9 Å². The number of likely N-dealkylation sites (tertiary alicyclic amines) is 1. The lowest BCUT2D eigenvalue weighted by Crippen LogP contribution is -2.42. The quantitative estimate of drug-likeness (QED) is 0.437. The Morgan fingerprint density at radius 3 is 2.62 bits per heavy atom. The number of H-pyrrole nitrogens is 1. The van der Waals surface area contributed by atoms with Crippen LogP contribution in [0, 0.1) is 18.3 Å². The third-order valence-corrected chi connectivity index (χ3v) is 7.41. The molecule has 1 aromatic carbocycles. The molecular weight excluding hydrogens is 424 g/mol. The van der Waals surface area contributed by atoms with Gasteiger partial charge in [0.1, 0.15) is 11.2 Å². The number of aromatic nitrogens is 4. The molecule has 3 heterocycles. The number of rotatable bonds is 6. The number of piperidine rings is 1. The van der Waals surface area contributed by atoms with Crippen LogP contribution in [0.2, 0.25) is 0 Å². The lowest BCUT2D eigenvalue weighted by Gasteiger charge is -2.32. The molecule has 0 saturated carbocycles. The normalized spacial score (nSPS) is 15.8. The Labute approximate surface area is 191 Å². The van der Waals surface area contributed by atoms with Gasteiger partial charge < -0.3 is 9.64 Å². The van der Waals surface area contributed by atoms with Crippen LogP contribution in [0.5, 0.6) is 5.75 Å².